The number of nitrogens with two attached hydrogens (primary N) is 1. The smallest absolute Gasteiger partial charge is 0.258 e. The second kappa shape index (κ2) is 5.54. The van der Waals surface area contributed by atoms with Crippen LogP contribution in [-0.2, 0) is 5.54 Å². The molecule has 0 amide bonds. The van der Waals surface area contributed by atoms with Crippen LogP contribution < -0.4 is 5.73 Å². The van der Waals surface area contributed by atoms with Crippen molar-refractivity contribution in [2.75, 3.05) is 0 Å². The summed E-state index contributed by atoms with van der Waals surface area (Å²) in [4.78, 5) is 4.53. The average Bonchev–Trinajstić information content (AvgIpc) is 3.02. The topological polar surface area (TPSA) is 64.9 Å². The maximum atomic E-state index is 6.35. The number of aryl methyl sites for hydroxylation is 2. The molecule has 2 N–H and O–H groups in total. The van der Waals surface area contributed by atoms with Crippen molar-refractivity contribution in [3.05, 3.63) is 35.2 Å². The van der Waals surface area contributed by atoms with Gasteiger partial charge in [0.1, 0.15) is 0 Å². The van der Waals surface area contributed by atoms with E-state index in [9.17, 15) is 0 Å². The van der Waals surface area contributed by atoms with E-state index in [1.807, 2.05) is 6.92 Å². The minimum absolute atomic E-state index is 0. The van der Waals surface area contributed by atoms with Crippen LogP contribution in [0.1, 0.15) is 42.6 Å². The summed E-state index contributed by atoms with van der Waals surface area (Å²) in [6.07, 6.45) is 4.17. The van der Waals surface area contributed by atoms with Gasteiger partial charge >= 0.3 is 0 Å². The Morgan fingerprint density at radius 3 is 2.60 bits per heavy atom. The van der Waals surface area contributed by atoms with E-state index in [1.165, 1.54) is 5.56 Å². The zero-order chi connectivity index (χ0) is 13.5. The molecule has 0 radical (unpaired) electrons. The molecule has 1 fully saturated rings. The molecule has 2 aromatic rings. The van der Waals surface area contributed by atoms with Gasteiger partial charge in [-0.1, -0.05) is 35.7 Å². The molecule has 1 aromatic carbocycles. The molecule has 0 saturated heterocycles. The maximum Gasteiger partial charge on any atom is 0.258 e. The van der Waals surface area contributed by atoms with E-state index in [0.29, 0.717) is 11.7 Å². The van der Waals surface area contributed by atoms with Gasteiger partial charge in [0, 0.05) is 5.56 Å². The lowest BCUT2D eigenvalue weighted by Crippen LogP contribution is -2.34. The largest absolute Gasteiger partial charge is 0.334 e. The molecule has 0 atom stereocenters. The van der Waals surface area contributed by atoms with Crippen LogP contribution in [0, 0.1) is 13.8 Å². The van der Waals surface area contributed by atoms with Crippen LogP contribution in [0.4, 0.5) is 0 Å². The van der Waals surface area contributed by atoms with Gasteiger partial charge in [-0.15, -0.1) is 12.4 Å². The molecule has 0 bridgehead atoms. The number of benzene rings is 1. The standard InChI is InChI=1S/C15H19N3O.ClH/c1-10-5-6-11(2)12(9-10)13-17-14(18-19-13)15(16)7-3-4-8-15;/h5-6,9H,3-4,7-8,16H2,1-2H3;1H. The zero-order valence-corrected chi connectivity index (χ0v) is 12.7. The molecule has 0 spiro atoms. The van der Waals surface area contributed by atoms with Crippen LogP contribution in [-0.4, -0.2) is 10.1 Å². The van der Waals surface area contributed by atoms with E-state index in [0.717, 1.165) is 36.8 Å². The Labute approximate surface area is 125 Å². The molecule has 108 valence electrons. The van der Waals surface area contributed by atoms with Crippen LogP contribution in [0.2, 0.25) is 0 Å². The van der Waals surface area contributed by atoms with Gasteiger partial charge in [0.25, 0.3) is 5.89 Å². The summed E-state index contributed by atoms with van der Waals surface area (Å²) in [5.74, 6) is 1.23. The van der Waals surface area contributed by atoms with Gasteiger partial charge in [0.2, 0.25) is 0 Å². The highest BCUT2D eigenvalue weighted by atomic mass is 35.5. The lowest BCUT2D eigenvalue weighted by molar-refractivity contribution is 0.372. The molecule has 1 aliphatic rings. The molecule has 1 heterocycles. The molecule has 0 unspecified atom stereocenters. The molecule has 20 heavy (non-hydrogen) atoms. The first-order valence-corrected chi connectivity index (χ1v) is 6.79. The van der Waals surface area contributed by atoms with Gasteiger partial charge in [-0.2, -0.15) is 4.98 Å². The highest BCUT2D eigenvalue weighted by Crippen LogP contribution is 2.35. The first-order valence-electron chi connectivity index (χ1n) is 6.79. The summed E-state index contributed by atoms with van der Waals surface area (Å²) in [7, 11) is 0. The monoisotopic (exact) mass is 293 g/mol. The highest BCUT2D eigenvalue weighted by molar-refractivity contribution is 5.85. The van der Waals surface area contributed by atoms with Gasteiger partial charge in [0.05, 0.1) is 5.54 Å². The van der Waals surface area contributed by atoms with Crippen LogP contribution >= 0.6 is 12.4 Å². The summed E-state index contributed by atoms with van der Waals surface area (Å²) in [6, 6.07) is 6.23. The number of hydrogen-bond donors (Lipinski definition) is 1. The van der Waals surface area contributed by atoms with Crippen molar-refractivity contribution in [3.8, 4) is 11.5 Å². The quantitative estimate of drug-likeness (QED) is 0.920. The Hall–Kier alpha value is -1.39. The van der Waals surface area contributed by atoms with Crippen LogP contribution in [0.15, 0.2) is 22.7 Å². The van der Waals surface area contributed by atoms with Crippen LogP contribution in [0.25, 0.3) is 11.5 Å². The lowest BCUT2D eigenvalue weighted by atomic mass is 9.98. The Balaban J connectivity index is 0.00000147. The SMILES string of the molecule is Cc1ccc(C)c(-c2nc(C3(N)CCCC3)no2)c1.Cl. The second-order valence-electron chi connectivity index (χ2n) is 5.60. The fraction of sp³-hybridized carbons (Fsp3) is 0.467. The number of aromatic nitrogens is 2. The second-order valence-corrected chi connectivity index (χ2v) is 5.60. The van der Waals surface area contributed by atoms with Crippen molar-refractivity contribution < 1.29 is 4.52 Å². The van der Waals surface area contributed by atoms with E-state index >= 15 is 0 Å². The number of nitrogens with zero attached hydrogens (tertiary/aromatic N) is 2. The zero-order valence-electron chi connectivity index (χ0n) is 11.8. The van der Waals surface area contributed by atoms with Gasteiger partial charge in [-0.05, 0) is 38.3 Å². The molecule has 5 heteroatoms. The predicted molar refractivity (Wildman–Crippen MR) is 80.8 cm³/mol. The van der Waals surface area contributed by atoms with Gasteiger partial charge in [0.15, 0.2) is 5.82 Å². The molecule has 1 aromatic heterocycles. The van der Waals surface area contributed by atoms with Crippen LogP contribution in [0.5, 0.6) is 0 Å². The number of halogens is 1. The van der Waals surface area contributed by atoms with Crippen molar-refractivity contribution in [3.63, 3.8) is 0 Å². The van der Waals surface area contributed by atoms with Crippen molar-refractivity contribution in [1.29, 1.82) is 0 Å². The molecule has 3 rings (SSSR count). The third-order valence-corrected chi connectivity index (χ3v) is 3.99. The summed E-state index contributed by atoms with van der Waals surface area (Å²) in [5, 5.41) is 4.11. The highest BCUT2D eigenvalue weighted by Gasteiger charge is 2.36. The normalized spacial score (nSPS) is 16.9. The fourth-order valence-electron chi connectivity index (χ4n) is 2.73. The van der Waals surface area contributed by atoms with Crippen molar-refractivity contribution >= 4 is 12.4 Å². The lowest BCUT2D eigenvalue weighted by Gasteiger charge is -2.17. The minimum Gasteiger partial charge on any atom is -0.334 e. The van der Waals surface area contributed by atoms with Gasteiger partial charge < -0.3 is 10.3 Å². The van der Waals surface area contributed by atoms with E-state index in [1.54, 1.807) is 0 Å². The summed E-state index contributed by atoms with van der Waals surface area (Å²) < 4.78 is 5.42. The fourth-order valence-corrected chi connectivity index (χ4v) is 2.73. The van der Waals surface area contributed by atoms with E-state index in [-0.39, 0.29) is 17.9 Å². The summed E-state index contributed by atoms with van der Waals surface area (Å²) in [6.45, 7) is 4.11. The first-order chi connectivity index (χ1) is 9.08. The molecular formula is C15H20ClN3O. The van der Waals surface area contributed by atoms with Gasteiger partial charge in [-0.3, -0.25) is 0 Å². The van der Waals surface area contributed by atoms with Crippen LogP contribution in [0.3, 0.4) is 0 Å². The van der Waals surface area contributed by atoms with Crippen molar-refractivity contribution in [2.45, 2.75) is 45.1 Å². The Kier molecular flexibility index (Phi) is 4.16. The van der Waals surface area contributed by atoms with E-state index < -0.39 is 0 Å². The summed E-state index contributed by atoms with van der Waals surface area (Å²) in [5.41, 5.74) is 9.29. The number of rotatable bonds is 2. The minimum atomic E-state index is -0.389. The first kappa shape index (κ1) is 15.0. The predicted octanol–water partition coefficient (Wildman–Crippen LogP) is 3.50. The molecule has 4 nitrogen and oxygen atoms in total. The van der Waals surface area contributed by atoms with Crippen molar-refractivity contribution in [1.82, 2.24) is 10.1 Å². The molecule has 1 saturated carbocycles. The molecule has 1 aliphatic carbocycles. The Morgan fingerprint density at radius 1 is 1.20 bits per heavy atom. The number of hydrogen-bond acceptors (Lipinski definition) is 4. The van der Waals surface area contributed by atoms with Gasteiger partial charge in [-0.25, -0.2) is 0 Å². The van der Waals surface area contributed by atoms with E-state index in [4.69, 9.17) is 10.3 Å². The third kappa shape index (κ3) is 2.58. The molecule has 0 aliphatic heterocycles. The maximum absolute atomic E-state index is 6.35. The van der Waals surface area contributed by atoms with Crippen molar-refractivity contribution in [2.24, 2.45) is 5.73 Å². The molecular weight excluding hydrogens is 274 g/mol. The average molecular weight is 294 g/mol. The Bertz CT molecular complexity index is 603. The third-order valence-electron chi connectivity index (χ3n) is 3.99. The summed E-state index contributed by atoms with van der Waals surface area (Å²) >= 11 is 0. The Morgan fingerprint density at radius 2 is 1.90 bits per heavy atom. The van der Waals surface area contributed by atoms with E-state index in [2.05, 4.69) is 35.3 Å².